The highest BCUT2D eigenvalue weighted by molar-refractivity contribution is 7.85. The van der Waals surface area contributed by atoms with E-state index in [4.69, 9.17) is 10.5 Å². The lowest BCUT2D eigenvalue weighted by Crippen LogP contribution is -2.04. The van der Waals surface area contributed by atoms with Crippen LogP contribution in [0.3, 0.4) is 0 Å². The van der Waals surface area contributed by atoms with Gasteiger partial charge in [0.2, 0.25) is 0 Å². The van der Waals surface area contributed by atoms with Gasteiger partial charge in [0.15, 0.2) is 0 Å². The van der Waals surface area contributed by atoms with E-state index in [2.05, 4.69) is 0 Å². The Labute approximate surface area is 122 Å². The van der Waals surface area contributed by atoms with Crippen molar-refractivity contribution in [2.45, 2.75) is 18.2 Å². The first kappa shape index (κ1) is 14.6. The van der Waals surface area contributed by atoms with Gasteiger partial charge >= 0.3 is 0 Å². The van der Waals surface area contributed by atoms with Gasteiger partial charge in [-0.3, -0.25) is 4.21 Å². The molecule has 0 spiro atoms. The van der Waals surface area contributed by atoms with Crippen molar-refractivity contribution in [2.24, 2.45) is 0 Å². The normalized spacial score (nSPS) is 12.1. The maximum Gasteiger partial charge on any atom is 0.118 e. The van der Waals surface area contributed by atoms with Gasteiger partial charge in [0.1, 0.15) is 5.75 Å². The van der Waals surface area contributed by atoms with E-state index in [1.54, 1.807) is 13.2 Å². The molecule has 1 unspecified atom stereocenters. The van der Waals surface area contributed by atoms with Gasteiger partial charge in [0.25, 0.3) is 0 Å². The molecule has 0 aliphatic carbocycles. The van der Waals surface area contributed by atoms with Crippen LogP contribution in [0, 0.1) is 6.92 Å². The van der Waals surface area contributed by atoms with Crippen LogP contribution in [-0.2, 0) is 17.2 Å². The minimum Gasteiger partial charge on any atom is -0.497 e. The van der Waals surface area contributed by atoms with Crippen molar-refractivity contribution in [3.05, 3.63) is 53.6 Å². The highest BCUT2D eigenvalue weighted by atomic mass is 32.2. The van der Waals surface area contributed by atoms with Crippen LogP contribution in [0.2, 0.25) is 0 Å². The number of hydrogen-bond donors (Lipinski definition) is 1. The van der Waals surface area contributed by atoms with E-state index in [0.29, 0.717) is 11.4 Å². The summed E-state index contributed by atoms with van der Waals surface area (Å²) < 4.78 is 17.5. The molecule has 0 amide bonds. The summed E-state index contributed by atoms with van der Waals surface area (Å²) in [4.78, 5) is 0.832. The van der Waals surface area contributed by atoms with Crippen LogP contribution in [0.25, 0.3) is 0 Å². The third kappa shape index (κ3) is 3.61. The first-order valence-corrected chi connectivity index (χ1v) is 7.79. The van der Waals surface area contributed by atoms with Gasteiger partial charge in [-0.1, -0.05) is 18.2 Å². The largest absolute Gasteiger partial charge is 0.497 e. The molecule has 2 aromatic rings. The van der Waals surface area contributed by atoms with E-state index in [1.807, 2.05) is 43.3 Å². The number of aryl methyl sites for hydroxylation is 2. The lowest BCUT2D eigenvalue weighted by atomic mass is 10.2. The van der Waals surface area contributed by atoms with Gasteiger partial charge in [-0.15, -0.1) is 0 Å². The number of benzene rings is 2. The second kappa shape index (κ2) is 6.57. The number of nitrogen functional groups attached to an aromatic ring is 1. The van der Waals surface area contributed by atoms with Crippen LogP contribution in [0.1, 0.15) is 11.1 Å². The predicted molar refractivity (Wildman–Crippen MR) is 83.6 cm³/mol. The highest BCUT2D eigenvalue weighted by Gasteiger charge is 2.08. The molecule has 106 valence electrons. The molecule has 2 rings (SSSR count). The smallest absolute Gasteiger partial charge is 0.118 e. The molecule has 0 fully saturated rings. The van der Waals surface area contributed by atoms with E-state index in [-0.39, 0.29) is 0 Å². The van der Waals surface area contributed by atoms with Gasteiger partial charge in [-0.2, -0.15) is 0 Å². The summed E-state index contributed by atoms with van der Waals surface area (Å²) in [6.07, 6.45) is 0.769. The fourth-order valence-electron chi connectivity index (χ4n) is 1.97. The summed E-state index contributed by atoms with van der Waals surface area (Å²) in [5.41, 5.74) is 8.59. The average molecular weight is 289 g/mol. The van der Waals surface area contributed by atoms with E-state index >= 15 is 0 Å². The topological polar surface area (TPSA) is 52.3 Å². The van der Waals surface area contributed by atoms with Gasteiger partial charge < -0.3 is 10.5 Å². The number of rotatable bonds is 5. The standard InChI is InChI=1S/C16H19NO2S/c1-12-3-6-14(17)11-16(12)20(18)10-9-13-4-7-15(19-2)8-5-13/h3-8,11H,9-10,17H2,1-2H3. The monoisotopic (exact) mass is 289 g/mol. The molecule has 4 heteroatoms. The molecule has 0 aliphatic heterocycles. The zero-order valence-electron chi connectivity index (χ0n) is 11.8. The number of nitrogens with two attached hydrogens (primary N) is 1. The van der Waals surface area contributed by atoms with Crippen LogP contribution >= 0.6 is 0 Å². The van der Waals surface area contributed by atoms with Gasteiger partial charge in [-0.25, -0.2) is 0 Å². The zero-order valence-corrected chi connectivity index (χ0v) is 12.6. The lowest BCUT2D eigenvalue weighted by Gasteiger charge is -2.07. The van der Waals surface area contributed by atoms with Crippen molar-refractivity contribution >= 4 is 16.5 Å². The summed E-state index contributed by atoms with van der Waals surface area (Å²) >= 11 is 0. The molecule has 20 heavy (non-hydrogen) atoms. The Morgan fingerprint density at radius 1 is 1.15 bits per heavy atom. The van der Waals surface area contributed by atoms with Crippen molar-refractivity contribution in [1.82, 2.24) is 0 Å². The molecule has 2 aromatic carbocycles. The second-order valence-electron chi connectivity index (χ2n) is 4.67. The summed E-state index contributed by atoms with van der Waals surface area (Å²) in [5.74, 6) is 1.43. The van der Waals surface area contributed by atoms with E-state index in [1.165, 1.54) is 0 Å². The Kier molecular flexibility index (Phi) is 4.79. The fraction of sp³-hybridized carbons (Fsp3) is 0.250. The molecule has 0 aromatic heterocycles. The third-order valence-electron chi connectivity index (χ3n) is 3.19. The molecule has 0 radical (unpaired) electrons. The number of anilines is 1. The van der Waals surface area contributed by atoms with E-state index in [9.17, 15) is 4.21 Å². The molecule has 1 atom stereocenters. The van der Waals surface area contributed by atoms with Crippen molar-refractivity contribution in [2.75, 3.05) is 18.6 Å². The number of ether oxygens (including phenoxy) is 1. The van der Waals surface area contributed by atoms with Crippen LogP contribution in [0.4, 0.5) is 5.69 Å². The Morgan fingerprint density at radius 3 is 2.50 bits per heavy atom. The quantitative estimate of drug-likeness (QED) is 0.861. The molecule has 0 saturated carbocycles. The zero-order chi connectivity index (χ0) is 14.5. The maximum absolute atomic E-state index is 12.3. The molecule has 2 N–H and O–H groups in total. The van der Waals surface area contributed by atoms with Crippen LogP contribution in [0.5, 0.6) is 5.75 Å². The highest BCUT2D eigenvalue weighted by Crippen LogP contribution is 2.18. The van der Waals surface area contributed by atoms with E-state index < -0.39 is 10.8 Å². The molecule has 0 aliphatic rings. The summed E-state index contributed by atoms with van der Waals surface area (Å²) in [5, 5.41) is 0. The van der Waals surface area contributed by atoms with Gasteiger partial charge in [0, 0.05) is 16.3 Å². The van der Waals surface area contributed by atoms with Crippen molar-refractivity contribution in [1.29, 1.82) is 0 Å². The third-order valence-corrected chi connectivity index (χ3v) is 4.70. The SMILES string of the molecule is COc1ccc(CCS(=O)c2cc(N)ccc2C)cc1. The Hall–Kier alpha value is -1.81. The number of hydrogen-bond acceptors (Lipinski definition) is 3. The number of methoxy groups -OCH3 is 1. The van der Waals surface area contributed by atoms with Crippen molar-refractivity contribution in [3.63, 3.8) is 0 Å². The molecule has 0 saturated heterocycles. The Morgan fingerprint density at radius 2 is 1.85 bits per heavy atom. The Bertz CT molecular complexity index is 608. The predicted octanol–water partition coefficient (Wildman–Crippen LogP) is 2.94. The molecule has 0 heterocycles. The van der Waals surface area contributed by atoms with Gasteiger partial charge in [0.05, 0.1) is 17.9 Å². The van der Waals surface area contributed by atoms with Gasteiger partial charge in [-0.05, 0) is 48.7 Å². The van der Waals surface area contributed by atoms with Crippen molar-refractivity contribution < 1.29 is 8.95 Å². The van der Waals surface area contributed by atoms with E-state index in [0.717, 1.165) is 28.2 Å². The first-order chi connectivity index (χ1) is 9.60. The minimum absolute atomic E-state index is 0.594. The lowest BCUT2D eigenvalue weighted by molar-refractivity contribution is 0.414. The average Bonchev–Trinajstić information content (AvgIpc) is 2.47. The summed E-state index contributed by atoms with van der Waals surface area (Å²) in [6, 6.07) is 13.4. The molecular weight excluding hydrogens is 270 g/mol. The minimum atomic E-state index is -1.02. The van der Waals surface area contributed by atoms with Crippen LogP contribution in [-0.4, -0.2) is 17.1 Å². The first-order valence-electron chi connectivity index (χ1n) is 6.47. The van der Waals surface area contributed by atoms with Crippen molar-refractivity contribution in [3.8, 4) is 5.75 Å². The summed E-state index contributed by atoms with van der Waals surface area (Å²) in [7, 11) is 0.621. The molecule has 0 bridgehead atoms. The molecule has 3 nitrogen and oxygen atoms in total. The second-order valence-corrected chi connectivity index (χ2v) is 6.21. The maximum atomic E-state index is 12.3. The molecular formula is C16H19NO2S. The van der Waals surface area contributed by atoms with Crippen LogP contribution in [0.15, 0.2) is 47.4 Å². The Balaban J connectivity index is 2.02. The van der Waals surface area contributed by atoms with Crippen LogP contribution < -0.4 is 10.5 Å². The fourth-order valence-corrected chi connectivity index (χ4v) is 3.31. The summed E-state index contributed by atoms with van der Waals surface area (Å²) in [6.45, 7) is 1.96.